The molecule has 0 aliphatic heterocycles. The van der Waals surface area contributed by atoms with E-state index >= 15 is 0 Å². The molecule has 0 amide bonds. The predicted octanol–water partition coefficient (Wildman–Crippen LogP) is 5.55. The lowest BCUT2D eigenvalue weighted by Gasteiger charge is -2.18. The van der Waals surface area contributed by atoms with E-state index in [9.17, 15) is 21.6 Å². The standard InChI is InChI=1S/C24H22F3NO3S/c1-4-5-17-12-16(6-9-20(17)21-13-18(25)7-11-24(21)31-3)15(2)28-32(29,30)19-8-10-22(26)23(27)14-19/h4,6-15,28H,1,5H2,2-3H3. The third kappa shape index (κ3) is 5.03. The monoisotopic (exact) mass is 461 g/mol. The normalized spacial score (nSPS) is 12.4. The first kappa shape index (κ1) is 23.6. The smallest absolute Gasteiger partial charge is 0.241 e. The molecule has 32 heavy (non-hydrogen) atoms. The molecule has 1 unspecified atom stereocenters. The van der Waals surface area contributed by atoms with Gasteiger partial charge >= 0.3 is 0 Å². The molecule has 0 radical (unpaired) electrons. The third-order valence-electron chi connectivity index (χ3n) is 4.98. The first-order valence-electron chi connectivity index (χ1n) is 9.71. The highest BCUT2D eigenvalue weighted by Crippen LogP contribution is 2.35. The second-order valence-corrected chi connectivity index (χ2v) is 8.89. The van der Waals surface area contributed by atoms with Crippen LogP contribution in [0.1, 0.15) is 24.1 Å². The van der Waals surface area contributed by atoms with Crippen LogP contribution in [0.2, 0.25) is 0 Å². The summed E-state index contributed by atoms with van der Waals surface area (Å²) in [5, 5.41) is 0. The van der Waals surface area contributed by atoms with Crippen molar-refractivity contribution in [2.45, 2.75) is 24.3 Å². The SMILES string of the molecule is C=CCc1cc(C(C)NS(=O)(=O)c2ccc(F)c(F)c2)ccc1-c1cc(F)ccc1OC. The number of allylic oxidation sites excluding steroid dienone is 1. The number of halogens is 3. The molecular formula is C24H22F3NO3S. The van der Waals surface area contributed by atoms with E-state index in [4.69, 9.17) is 4.74 Å². The van der Waals surface area contributed by atoms with E-state index in [1.54, 1.807) is 31.2 Å². The molecule has 3 rings (SSSR count). The molecule has 0 saturated carbocycles. The topological polar surface area (TPSA) is 55.4 Å². The first-order chi connectivity index (χ1) is 15.2. The van der Waals surface area contributed by atoms with Crippen LogP contribution in [0.25, 0.3) is 11.1 Å². The Morgan fingerprint density at radius 3 is 2.41 bits per heavy atom. The highest BCUT2D eigenvalue weighted by atomic mass is 32.2. The predicted molar refractivity (Wildman–Crippen MR) is 117 cm³/mol. The first-order valence-corrected chi connectivity index (χ1v) is 11.2. The van der Waals surface area contributed by atoms with E-state index in [0.29, 0.717) is 29.4 Å². The van der Waals surface area contributed by atoms with Crippen LogP contribution in [0, 0.1) is 17.5 Å². The van der Waals surface area contributed by atoms with Crippen LogP contribution in [0.4, 0.5) is 13.2 Å². The van der Waals surface area contributed by atoms with Gasteiger partial charge in [-0.25, -0.2) is 26.3 Å². The molecule has 0 spiro atoms. The van der Waals surface area contributed by atoms with Crippen molar-refractivity contribution in [3.8, 4) is 16.9 Å². The van der Waals surface area contributed by atoms with E-state index < -0.39 is 33.5 Å². The highest BCUT2D eigenvalue weighted by molar-refractivity contribution is 7.89. The second-order valence-electron chi connectivity index (χ2n) is 7.17. The molecule has 4 nitrogen and oxygen atoms in total. The molecule has 0 fully saturated rings. The number of benzene rings is 3. The van der Waals surface area contributed by atoms with Crippen LogP contribution in [0.15, 0.2) is 72.1 Å². The maximum Gasteiger partial charge on any atom is 0.241 e. The lowest BCUT2D eigenvalue weighted by Crippen LogP contribution is -2.27. The van der Waals surface area contributed by atoms with Crippen molar-refractivity contribution in [2.75, 3.05) is 7.11 Å². The minimum Gasteiger partial charge on any atom is -0.496 e. The van der Waals surface area contributed by atoms with Crippen LogP contribution in [-0.2, 0) is 16.4 Å². The summed E-state index contributed by atoms with van der Waals surface area (Å²) >= 11 is 0. The number of ether oxygens (including phenoxy) is 1. The van der Waals surface area contributed by atoms with Gasteiger partial charge in [-0.1, -0.05) is 24.3 Å². The van der Waals surface area contributed by atoms with E-state index in [2.05, 4.69) is 11.3 Å². The molecule has 0 aromatic heterocycles. The molecule has 168 valence electrons. The zero-order valence-electron chi connectivity index (χ0n) is 17.5. The number of rotatable bonds is 8. The van der Waals surface area contributed by atoms with E-state index in [1.165, 1.54) is 25.3 Å². The van der Waals surface area contributed by atoms with Crippen molar-refractivity contribution in [1.82, 2.24) is 4.72 Å². The van der Waals surface area contributed by atoms with Crippen molar-refractivity contribution in [1.29, 1.82) is 0 Å². The number of methoxy groups -OCH3 is 1. The lowest BCUT2D eigenvalue weighted by atomic mass is 9.93. The number of hydrogen-bond donors (Lipinski definition) is 1. The summed E-state index contributed by atoms with van der Waals surface area (Å²) in [6, 6.07) is 11.2. The molecular weight excluding hydrogens is 439 g/mol. The summed E-state index contributed by atoms with van der Waals surface area (Å²) in [7, 11) is -2.60. The fraction of sp³-hybridized carbons (Fsp3) is 0.167. The minimum absolute atomic E-state index is 0.379. The zero-order valence-corrected chi connectivity index (χ0v) is 18.3. The summed E-state index contributed by atoms with van der Waals surface area (Å²) in [5.74, 6) is -2.30. The largest absolute Gasteiger partial charge is 0.496 e. The van der Waals surface area contributed by atoms with Gasteiger partial charge in [-0.15, -0.1) is 6.58 Å². The summed E-state index contributed by atoms with van der Waals surface area (Å²) in [6.45, 7) is 5.39. The van der Waals surface area contributed by atoms with Gasteiger partial charge in [0, 0.05) is 11.6 Å². The van der Waals surface area contributed by atoms with Crippen LogP contribution < -0.4 is 9.46 Å². The molecule has 0 heterocycles. The molecule has 0 saturated heterocycles. The summed E-state index contributed by atoms with van der Waals surface area (Å²) in [6.07, 6.45) is 2.13. The van der Waals surface area contributed by atoms with Gasteiger partial charge in [0.25, 0.3) is 0 Å². The Balaban J connectivity index is 1.97. The van der Waals surface area contributed by atoms with Gasteiger partial charge < -0.3 is 4.74 Å². The number of nitrogens with one attached hydrogen (secondary N) is 1. The summed E-state index contributed by atoms with van der Waals surface area (Å²) < 4.78 is 73.6. The molecule has 0 aliphatic carbocycles. The van der Waals surface area contributed by atoms with Gasteiger partial charge in [-0.3, -0.25) is 0 Å². The Morgan fingerprint density at radius 1 is 1.00 bits per heavy atom. The molecule has 1 atom stereocenters. The molecule has 8 heteroatoms. The summed E-state index contributed by atoms with van der Waals surface area (Å²) in [5.41, 5.74) is 2.71. The maximum atomic E-state index is 13.9. The van der Waals surface area contributed by atoms with Crippen LogP contribution in [0.5, 0.6) is 5.75 Å². The van der Waals surface area contributed by atoms with Crippen LogP contribution >= 0.6 is 0 Å². The van der Waals surface area contributed by atoms with Crippen LogP contribution in [0.3, 0.4) is 0 Å². The minimum atomic E-state index is -4.10. The van der Waals surface area contributed by atoms with Gasteiger partial charge in [0.1, 0.15) is 11.6 Å². The Morgan fingerprint density at radius 2 is 1.75 bits per heavy atom. The van der Waals surface area contributed by atoms with Crippen molar-refractivity contribution in [2.24, 2.45) is 0 Å². The van der Waals surface area contributed by atoms with Gasteiger partial charge in [-0.05, 0) is 66.4 Å². The Bertz CT molecular complexity index is 1260. The fourth-order valence-corrected chi connectivity index (χ4v) is 4.62. The number of sulfonamides is 1. The van der Waals surface area contributed by atoms with Gasteiger partial charge in [0.2, 0.25) is 10.0 Å². The molecule has 3 aromatic rings. The highest BCUT2D eigenvalue weighted by Gasteiger charge is 2.21. The van der Waals surface area contributed by atoms with E-state index in [0.717, 1.165) is 23.3 Å². The molecule has 0 aliphatic rings. The molecule has 1 N–H and O–H groups in total. The molecule has 3 aromatic carbocycles. The van der Waals surface area contributed by atoms with Crippen molar-refractivity contribution in [3.05, 3.63) is 95.8 Å². The van der Waals surface area contributed by atoms with Crippen molar-refractivity contribution >= 4 is 10.0 Å². The zero-order chi connectivity index (χ0) is 23.5. The Labute approximate surface area is 185 Å². The van der Waals surface area contributed by atoms with Gasteiger partial charge in [0.15, 0.2) is 11.6 Å². The van der Waals surface area contributed by atoms with E-state index in [-0.39, 0.29) is 4.90 Å². The average molecular weight is 462 g/mol. The van der Waals surface area contributed by atoms with Crippen molar-refractivity contribution in [3.63, 3.8) is 0 Å². The van der Waals surface area contributed by atoms with Gasteiger partial charge in [-0.2, -0.15) is 0 Å². The van der Waals surface area contributed by atoms with Crippen molar-refractivity contribution < 1.29 is 26.3 Å². The fourth-order valence-electron chi connectivity index (χ4n) is 3.37. The summed E-state index contributed by atoms with van der Waals surface area (Å²) in [4.78, 5) is -0.379. The Kier molecular flexibility index (Phi) is 7.06. The quantitative estimate of drug-likeness (QED) is 0.448. The number of hydrogen-bond acceptors (Lipinski definition) is 3. The Hall–Kier alpha value is -3.10. The van der Waals surface area contributed by atoms with E-state index in [1.807, 2.05) is 0 Å². The van der Waals surface area contributed by atoms with Gasteiger partial charge in [0.05, 0.1) is 12.0 Å². The second kappa shape index (κ2) is 9.58. The third-order valence-corrected chi connectivity index (χ3v) is 6.52. The maximum absolute atomic E-state index is 13.9. The average Bonchev–Trinajstić information content (AvgIpc) is 2.75. The lowest BCUT2D eigenvalue weighted by molar-refractivity contribution is 0.415. The molecule has 0 bridgehead atoms. The van der Waals surface area contributed by atoms with Crippen LogP contribution in [-0.4, -0.2) is 15.5 Å².